The van der Waals surface area contributed by atoms with E-state index >= 15 is 0 Å². The summed E-state index contributed by atoms with van der Waals surface area (Å²) in [6.45, 7) is 0.865. The number of rotatable bonds is 0. The van der Waals surface area contributed by atoms with E-state index in [0.717, 1.165) is 18.8 Å². The summed E-state index contributed by atoms with van der Waals surface area (Å²) in [7, 11) is 0. The second-order valence-corrected chi connectivity index (χ2v) is 3.88. The summed E-state index contributed by atoms with van der Waals surface area (Å²) < 4.78 is 6.78. The van der Waals surface area contributed by atoms with Gasteiger partial charge >= 0.3 is 0 Å². The Bertz CT molecular complexity index is 283. The van der Waals surface area contributed by atoms with Crippen LogP contribution >= 0.6 is 15.9 Å². The molecule has 2 heteroatoms. The lowest BCUT2D eigenvalue weighted by Crippen LogP contribution is -1.94. The first kappa shape index (κ1) is 8.11. The standard InChI is InChI=1S/C10H11BrO/c11-9-5-3-6-10-8(9)4-1-2-7-12-10/h3,5-6H,1-2,4,7H2. The van der Waals surface area contributed by atoms with Crippen molar-refractivity contribution in [3.63, 3.8) is 0 Å². The monoisotopic (exact) mass is 226 g/mol. The molecule has 0 atom stereocenters. The van der Waals surface area contributed by atoms with Crippen molar-refractivity contribution < 1.29 is 4.74 Å². The molecule has 1 aliphatic rings. The summed E-state index contributed by atoms with van der Waals surface area (Å²) in [5.74, 6) is 1.06. The number of halogens is 1. The van der Waals surface area contributed by atoms with Crippen molar-refractivity contribution in [2.24, 2.45) is 0 Å². The third-order valence-corrected chi connectivity index (χ3v) is 2.90. The average molecular weight is 227 g/mol. The minimum Gasteiger partial charge on any atom is -0.493 e. The summed E-state index contributed by atoms with van der Waals surface area (Å²) >= 11 is 3.54. The third kappa shape index (κ3) is 1.48. The molecule has 0 saturated heterocycles. The molecule has 0 amide bonds. The van der Waals surface area contributed by atoms with Gasteiger partial charge in [-0.15, -0.1) is 0 Å². The van der Waals surface area contributed by atoms with Crippen molar-refractivity contribution in [2.75, 3.05) is 6.61 Å². The van der Waals surface area contributed by atoms with Crippen molar-refractivity contribution in [3.05, 3.63) is 28.2 Å². The molecule has 12 heavy (non-hydrogen) atoms. The van der Waals surface area contributed by atoms with Gasteiger partial charge in [0.05, 0.1) is 6.61 Å². The highest BCUT2D eigenvalue weighted by atomic mass is 79.9. The maximum atomic E-state index is 5.60. The normalized spacial score (nSPS) is 16.1. The van der Waals surface area contributed by atoms with Gasteiger partial charge in [0.15, 0.2) is 0 Å². The lowest BCUT2D eigenvalue weighted by molar-refractivity contribution is 0.317. The van der Waals surface area contributed by atoms with Crippen LogP contribution in [0.25, 0.3) is 0 Å². The summed E-state index contributed by atoms with van der Waals surface area (Å²) in [5, 5.41) is 0. The number of benzene rings is 1. The Balaban J connectivity index is 2.42. The predicted molar refractivity (Wildman–Crippen MR) is 52.6 cm³/mol. The molecule has 1 aliphatic heterocycles. The predicted octanol–water partition coefficient (Wildman–Crippen LogP) is 3.16. The zero-order valence-electron chi connectivity index (χ0n) is 6.85. The highest BCUT2D eigenvalue weighted by Crippen LogP contribution is 2.30. The van der Waals surface area contributed by atoms with E-state index in [0.29, 0.717) is 0 Å². The zero-order chi connectivity index (χ0) is 8.39. The first-order valence-electron chi connectivity index (χ1n) is 4.28. The molecule has 0 aromatic heterocycles. The molecule has 2 rings (SSSR count). The zero-order valence-corrected chi connectivity index (χ0v) is 8.43. The molecule has 0 spiro atoms. The Morgan fingerprint density at radius 3 is 3.08 bits per heavy atom. The quantitative estimate of drug-likeness (QED) is 0.661. The van der Waals surface area contributed by atoms with Crippen LogP contribution in [0.1, 0.15) is 18.4 Å². The van der Waals surface area contributed by atoms with E-state index < -0.39 is 0 Å². The van der Waals surface area contributed by atoms with Crippen molar-refractivity contribution >= 4 is 15.9 Å². The number of hydrogen-bond acceptors (Lipinski definition) is 1. The van der Waals surface area contributed by atoms with Gasteiger partial charge in [-0.05, 0) is 31.4 Å². The summed E-state index contributed by atoms with van der Waals surface area (Å²) in [5.41, 5.74) is 1.33. The summed E-state index contributed by atoms with van der Waals surface area (Å²) in [4.78, 5) is 0. The van der Waals surface area contributed by atoms with Crippen LogP contribution < -0.4 is 4.74 Å². The Hall–Kier alpha value is -0.500. The van der Waals surface area contributed by atoms with E-state index in [4.69, 9.17) is 4.74 Å². The van der Waals surface area contributed by atoms with Crippen LogP contribution in [0.2, 0.25) is 0 Å². The summed E-state index contributed by atoms with van der Waals surface area (Å²) in [6, 6.07) is 6.15. The molecular formula is C10H11BrO. The molecule has 1 aromatic carbocycles. The van der Waals surface area contributed by atoms with Crippen LogP contribution in [-0.2, 0) is 6.42 Å². The molecule has 64 valence electrons. The van der Waals surface area contributed by atoms with Gasteiger partial charge in [0.25, 0.3) is 0 Å². The largest absolute Gasteiger partial charge is 0.493 e. The maximum Gasteiger partial charge on any atom is 0.123 e. The lowest BCUT2D eigenvalue weighted by Gasteiger charge is -2.07. The molecule has 0 radical (unpaired) electrons. The van der Waals surface area contributed by atoms with Gasteiger partial charge in [0.1, 0.15) is 5.75 Å². The highest BCUT2D eigenvalue weighted by Gasteiger charge is 2.10. The van der Waals surface area contributed by atoms with Gasteiger partial charge in [-0.3, -0.25) is 0 Å². The third-order valence-electron chi connectivity index (χ3n) is 2.15. The second-order valence-electron chi connectivity index (χ2n) is 3.02. The van der Waals surface area contributed by atoms with E-state index in [1.807, 2.05) is 12.1 Å². The molecule has 1 aromatic rings. The fraction of sp³-hybridized carbons (Fsp3) is 0.400. The topological polar surface area (TPSA) is 9.23 Å². The van der Waals surface area contributed by atoms with E-state index in [1.165, 1.54) is 22.9 Å². The van der Waals surface area contributed by atoms with Crippen LogP contribution in [0.15, 0.2) is 22.7 Å². The molecule has 0 unspecified atom stereocenters. The Morgan fingerprint density at radius 2 is 2.17 bits per heavy atom. The van der Waals surface area contributed by atoms with E-state index in [9.17, 15) is 0 Å². The van der Waals surface area contributed by atoms with E-state index in [2.05, 4.69) is 22.0 Å². The average Bonchev–Trinajstić information content (AvgIpc) is 2.30. The van der Waals surface area contributed by atoms with Crippen molar-refractivity contribution in [1.29, 1.82) is 0 Å². The van der Waals surface area contributed by atoms with Crippen LogP contribution in [-0.4, -0.2) is 6.61 Å². The Labute approximate surface area is 80.9 Å². The molecule has 1 nitrogen and oxygen atoms in total. The number of fused-ring (bicyclic) bond motifs is 1. The van der Waals surface area contributed by atoms with Crippen molar-refractivity contribution in [2.45, 2.75) is 19.3 Å². The van der Waals surface area contributed by atoms with Gasteiger partial charge in [-0.2, -0.15) is 0 Å². The molecule has 0 saturated carbocycles. The molecule has 0 bridgehead atoms. The van der Waals surface area contributed by atoms with Crippen LogP contribution in [0.4, 0.5) is 0 Å². The van der Waals surface area contributed by atoms with Crippen LogP contribution in [0, 0.1) is 0 Å². The minimum atomic E-state index is 0.865. The van der Waals surface area contributed by atoms with Crippen LogP contribution in [0.3, 0.4) is 0 Å². The van der Waals surface area contributed by atoms with Gasteiger partial charge in [0.2, 0.25) is 0 Å². The number of hydrogen-bond donors (Lipinski definition) is 0. The van der Waals surface area contributed by atoms with Gasteiger partial charge in [-0.1, -0.05) is 22.0 Å². The van der Waals surface area contributed by atoms with Crippen molar-refractivity contribution in [1.82, 2.24) is 0 Å². The van der Waals surface area contributed by atoms with E-state index in [1.54, 1.807) is 0 Å². The van der Waals surface area contributed by atoms with Gasteiger partial charge < -0.3 is 4.74 Å². The highest BCUT2D eigenvalue weighted by molar-refractivity contribution is 9.10. The Kier molecular flexibility index (Phi) is 2.35. The van der Waals surface area contributed by atoms with Crippen LogP contribution in [0.5, 0.6) is 5.75 Å². The van der Waals surface area contributed by atoms with E-state index in [-0.39, 0.29) is 0 Å². The number of ether oxygens (including phenoxy) is 1. The molecule has 0 fully saturated rings. The fourth-order valence-corrected chi connectivity index (χ4v) is 2.05. The SMILES string of the molecule is Brc1cccc2c1CCCCO2. The van der Waals surface area contributed by atoms with Gasteiger partial charge in [-0.25, -0.2) is 0 Å². The molecule has 0 N–H and O–H groups in total. The fourth-order valence-electron chi connectivity index (χ4n) is 1.50. The first-order chi connectivity index (χ1) is 5.88. The molecular weight excluding hydrogens is 216 g/mol. The van der Waals surface area contributed by atoms with Crippen molar-refractivity contribution in [3.8, 4) is 5.75 Å². The molecule has 0 aliphatic carbocycles. The summed E-state index contributed by atoms with van der Waals surface area (Å²) in [6.07, 6.45) is 3.54. The van der Waals surface area contributed by atoms with Gasteiger partial charge in [0, 0.05) is 10.0 Å². The minimum absolute atomic E-state index is 0.865. The molecule has 1 heterocycles. The lowest BCUT2D eigenvalue weighted by atomic mass is 10.1. The second kappa shape index (κ2) is 3.48. The Morgan fingerprint density at radius 1 is 1.25 bits per heavy atom. The smallest absolute Gasteiger partial charge is 0.123 e. The maximum absolute atomic E-state index is 5.60. The first-order valence-corrected chi connectivity index (χ1v) is 5.07.